The molecule has 6 heteroatoms. The van der Waals surface area contributed by atoms with E-state index >= 15 is 0 Å². The Labute approximate surface area is 121 Å². The van der Waals surface area contributed by atoms with Crippen LogP contribution in [0, 0.1) is 5.92 Å². The van der Waals surface area contributed by atoms with Gasteiger partial charge in [0.1, 0.15) is 0 Å². The molecule has 0 saturated carbocycles. The smallest absolute Gasteiger partial charge is 0.242 e. The molecule has 1 heterocycles. The molecule has 1 aliphatic rings. The first-order valence-electron chi connectivity index (χ1n) is 7.28. The van der Waals surface area contributed by atoms with Crippen molar-refractivity contribution in [1.29, 1.82) is 0 Å². The van der Waals surface area contributed by atoms with Crippen molar-refractivity contribution in [3.05, 3.63) is 0 Å². The predicted octanol–water partition coefficient (Wildman–Crippen LogP) is -0.360. The van der Waals surface area contributed by atoms with E-state index in [0.717, 1.165) is 26.2 Å². The van der Waals surface area contributed by atoms with E-state index in [9.17, 15) is 9.59 Å². The molecule has 0 aromatic rings. The lowest BCUT2D eigenvalue weighted by molar-refractivity contribution is -0.146. The number of nitrogens with two attached hydrogens (primary N) is 1. The molecule has 116 valence electrons. The van der Waals surface area contributed by atoms with Gasteiger partial charge < -0.3 is 16.0 Å². The summed E-state index contributed by atoms with van der Waals surface area (Å²) in [5.74, 6) is -0.181. The Morgan fingerprint density at radius 3 is 2.30 bits per heavy atom. The fourth-order valence-corrected chi connectivity index (χ4v) is 2.59. The molecular weight excluding hydrogens is 256 g/mol. The van der Waals surface area contributed by atoms with Crippen molar-refractivity contribution in [3.8, 4) is 0 Å². The summed E-state index contributed by atoms with van der Waals surface area (Å²) in [6.45, 7) is 11.9. The normalized spacial score (nSPS) is 17.2. The third-order valence-electron chi connectivity index (χ3n) is 3.65. The summed E-state index contributed by atoms with van der Waals surface area (Å²) in [7, 11) is 0. The Morgan fingerprint density at radius 2 is 1.85 bits per heavy atom. The van der Waals surface area contributed by atoms with Gasteiger partial charge in [-0.1, -0.05) is 13.8 Å². The highest BCUT2D eigenvalue weighted by Gasteiger charge is 2.38. The summed E-state index contributed by atoms with van der Waals surface area (Å²) >= 11 is 0. The van der Waals surface area contributed by atoms with Gasteiger partial charge >= 0.3 is 0 Å². The zero-order chi connectivity index (χ0) is 15.3. The van der Waals surface area contributed by atoms with Gasteiger partial charge in [-0.15, -0.1) is 0 Å². The van der Waals surface area contributed by atoms with Gasteiger partial charge in [0.15, 0.2) is 0 Å². The van der Waals surface area contributed by atoms with E-state index in [4.69, 9.17) is 5.73 Å². The van der Waals surface area contributed by atoms with Crippen LogP contribution in [-0.2, 0) is 9.59 Å². The zero-order valence-corrected chi connectivity index (χ0v) is 13.1. The third kappa shape index (κ3) is 4.45. The number of nitrogens with one attached hydrogen (secondary N) is 1. The number of carbonyl (C=O) groups is 2. The number of primary amides is 1. The van der Waals surface area contributed by atoms with Crippen molar-refractivity contribution in [2.24, 2.45) is 11.7 Å². The molecule has 0 aromatic heterocycles. The lowest BCUT2D eigenvalue weighted by Crippen LogP contribution is -2.61. The SMILES string of the molecule is CC(C)CN(CC(N)=O)C(=O)C(C)(C)N1CCNCC1. The number of piperazine rings is 1. The minimum Gasteiger partial charge on any atom is -0.368 e. The van der Waals surface area contributed by atoms with Crippen molar-refractivity contribution >= 4 is 11.8 Å². The van der Waals surface area contributed by atoms with Crippen LogP contribution in [-0.4, -0.2) is 66.4 Å². The van der Waals surface area contributed by atoms with Gasteiger partial charge in [0, 0.05) is 32.7 Å². The van der Waals surface area contributed by atoms with Crippen LogP contribution in [0.5, 0.6) is 0 Å². The van der Waals surface area contributed by atoms with Gasteiger partial charge in [-0.25, -0.2) is 0 Å². The van der Waals surface area contributed by atoms with Crippen LogP contribution in [0.4, 0.5) is 0 Å². The maximum atomic E-state index is 12.8. The molecule has 1 fully saturated rings. The van der Waals surface area contributed by atoms with E-state index < -0.39 is 11.4 Å². The molecule has 20 heavy (non-hydrogen) atoms. The Balaban J connectivity index is 2.81. The molecular formula is C14H28N4O2. The standard InChI is InChI=1S/C14H28N4O2/c1-11(2)9-17(10-12(15)19)13(20)14(3,4)18-7-5-16-6-8-18/h11,16H,5-10H2,1-4H3,(H2,15,19). The summed E-state index contributed by atoms with van der Waals surface area (Å²) in [6, 6.07) is 0. The number of hydrogen-bond donors (Lipinski definition) is 2. The van der Waals surface area contributed by atoms with Crippen molar-refractivity contribution in [1.82, 2.24) is 15.1 Å². The van der Waals surface area contributed by atoms with Crippen molar-refractivity contribution in [2.45, 2.75) is 33.2 Å². The number of rotatable bonds is 6. The summed E-state index contributed by atoms with van der Waals surface area (Å²) in [6.07, 6.45) is 0. The summed E-state index contributed by atoms with van der Waals surface area (Å²) in [5.41, 5.74) is 4.67. The van der Waals surface area contributed by atoms with Gasteiger partial charge in [-0.2, -0.15) is 0 Å². The molecule has 0 spiro atoms. The summed E-state index contributed by atoms with van der Waals surface area (Å²) in [4.78, 5) is 27.8. The second kappa shape index (κ2) is 7.04. The molecule has 1 aliphatic heterocycles. The van der Waals surface area contributed by atoms with Gasteiger partial charge in [-0.05, 0) is 19.8 Å². The van der Waals surface area contributed by atoms with E-state index in [1.807, 2.05) is 27.7 Å². The van der Waals surface area contributed by atoms with Crippen LogP contribution < -0.4 is 11.1 Å². The molecule has 0 unspecified atom stereocenters. The van der Waals surface area contributed by atoms with Crippen LogP contribution in [0.2, 0.25) is 0 Å². The van der Waals surface area contributed by atoms with Crippen LogP contribution in [0.3, 0.4) is 0 Å². The van der Waals surface area contributed by atoms with Gasteiger partial charge in [-0.3, -0.25) is 14.5 Å². The Kier molecular flexibility index (Phi) is 5.95. The lowest BCUT2D eigenvalue weighted by Gasteiger charge is -2.42. The minimum atomic E-state index is -0.605. The van der Waals surface area contributed by atoms with Crippen molar-refractivity contribution in [3.63, 3.8) is 0 Å². The monoisotopic (exact) mass is 284 g/mol. The number of nitrogens with zero attached hydrogens (tertiary/aromatic N) is 2. The van der Waals surface area contributed by atoms with Crippen LogP contribution in [0.15, 0.2) is 0 Å². The minimum absolute atomic E-state index is 0.00741. The average Bonchev–Trinajstić information content (AvgIpc) is 2.37. The summed E-state index contributed by atoms with van der Waals surface area (Å²) in [5, 5.41) is 3.28. The van der Waals surface area contributed by atoms with E-state index in [1.54, 1.807) is 4.90 Å². The van der Waals surface area contributed by atoms with E-state index in [2.05, 4.69) is 10.2 Å². The topological polar surface area (TPSA) is 78.7 Å². The highest BCUT2D eigenvalue weighted by molar-refractivity contribution is 5.89. The summed E-state index contributed by atoms with van der Waals surface area (Å²) < 4.78 is 0. The molecule has 3 N–H and O–H groups in total. The fraction of sp³-hybridized carbons (Fsp3) is 0.857. The molecule has 2 amide bonds. The highest BCUT2D eigenvalue weighted by atomic mass is 16.2. The number of hydrogen-bond acceptors (Lipinski definition) is 4. The quantitative estimate of drug-likeness (QED) is 0.698. The molecule has 0 aliphatic carbocycles. The lowest BCUT2D eigenvalue weighted by atomic mass is 9.98. The van der Waals surface area contributed by atoms with E-state index in [1.165, 1.54) is 0 Å². The molecule has 0 atom stereocenters. The van der Waals surface area contributed by atoms with Crippen LogP contribution in [0.25, 0.3) is 0 Å². The molecule has 0 bridgehead atoms. The molecule has 1 rings (SSSR count). The predicted molar refractivity (Wildman–Crippen MR) is 79.1 cm³/mol. The van der Waals surface area contributed by atoms with Gasteiger partial charge in [0.05, 0.1) is 12.1 Å². The van der Waals surface area contributed by atoms with Crippen LogP contribution >= 0.6 is 0 Å². The fourth-order valence-electron chi connectivity index (χ4n) is 2.59. The van der Waals surface area contributed by atoms with Crippen LogP contribution in [0.1, 0.15) is 27.7 Å². The Bertz CT molecular complexity index is 349. The third-order valence-corrected chi connectivity index (χ3v) is 3.65. The number of carbonyl (C=O) groups excluding carboxylic acids is 2. The largest absolute Gasteiger partial charge is 0.368 e. The average molecular weight is 284 g/mol. The second-order valence-electron chi connectivity index (χ2n) is 6.34. The van der Waals surface area contributed by atoms with E-state index in [0.29, 0.717) is 12.5 Å². The van der Waals surface area contributed by atoms with Crippen molar-refractivity contribution in [2.75, 3.05) is 39.3 Å². The Morgan fingerprint density at radius 1 is 1.30 bits per heavy atom. The van der Waals surface area contributed by atoms with Gasteiger partial charge in [0.25, 0.3) is 0 Å². The van der Waals surface area contributed by atoms with Gasteiger partial charge in [0.2, 0.25) is 11.8 Å². The highest BCUT2D eigenvalue weighted by Crippen LogP contribution is 2.19. The zero-order valence-electron chi connectivity index (χ0n) is 13.1. The molecule has 0 aromatic carbocycles. The first kappa shape index (κ1) is 16.9. The second-order valence-corrected chi connectivity index (χ2v) is 6.34. The first-order valence-corrected chi connectivity index (χ1v) is 7.28. The molecule has 6 nitrogen and oxygen atoms in total. The number of amides is 2. The van der Waals surface area contributed by atoms with E-state index in [-0.39, 0.29) is 12.5 Å². The first-order chi connectivity index (χ1) is 9.25. The Hall–Kier alpha value is -1.14. The van der Waals surface area contributed by atoms with Crippen molar-refractivity contribution < 1.29 is 9.59 Å². The molecule has 0 radical (unpaired) electrons. The molecule has 1 saturated heterocycles. The maximum Gasteiger partial charge on any atom is 0.242 e. The maximum absolute atomic E-state index is 12.8.